The molecule has 1 aromatic heterocycles. The summed E-state index contributed by atoms with van der Waals surface area (Å²) in [6, 6.07) is 11.3. The molecule has 3 aromatic rings. The van der Waals surface area contributed by atoms with Crippen LogP contribution >= 0.6 is 11.6 Å². The molecule has 7 nitrogen and oxygen atoms in total. The quantitative estimate of drug-likeness (QED) is 0.520. The smallest absolute Gasteiger partial charge is 0.340 e. The molecule has 0 aliphatic carbocycles. The number of hydrogen-bond donors (Lipinski definition) is 0. The number of para-hydroxylation sites is 1. The van der Waals surface area contributed by atoms with Gasteiger partial charge in [0.15, 0.2) is 6.61 Å². The standard InChI is InChI=1S/C22H20ClFN2O5/c1-25(10-16-17(23)7-5-8-18(16)24)20(27)13-31-21(28)12-26-11-15(22(29)30-2)14-6-3-4-9-19(14)26/h3-9,11H,10,12-13H2,1-2H3. The van der Waals surface area contributed by atoms with Crippen LogP contribution < -0.4 is 0 Å². The normalized spacial score (nSPS) is 10.7. The minimum atomic E-state index is -0.664. The first-order valence-corrected chi connectivity index (χ1v) is 9.68. The molecule has 0 unspecified atom stereocenters. The van der Waals surface area contributed by atoms with E-state index in [1.165, 1.54) is 43.5 Å². The zero-order valence-electron chi connectivity index (χ0n) is 16.9. The van der Waals surface area contributed by atoms with Crippen molar-refractivity contribution >= 4 is 40.3 Å². The van der Waals surface area contributed by atoms with Crippen molar-refractivity contribution < 1.29 is 28.2 Å². The number of carbonyl (C=O) groups excluding carboxylic acids is 3. The molecule has 0 N–H and O–H groups in total. The molecule has 0 bridgehead atoms. The maximum atomic E-state index is 13.9. The number of aromatic nitrogens is 1. The van der Waals surface area contributed by atoms with E-state index in [9.17, 15) is 18.8 Å². The Morgan fingerprint density at radius 3 is 2.58 bits per heavy atom. The SMILES string of the molecule is COC(=O)c1cn(CC(=O)OCC(=O)N(C)Cc2c(F)cccc2Cl)c2ccccc12. The number of fused-ring (bicyclic) bond motifs is 1. The summed E-state index contributed by atoms with van der Waals surface area (Å²) in [6.45, 7) is -0.773. The highest BCUT2D eigenvalue weighted by Gasteiger charge is 2.19. The summed E-state index contributed by atoms with van der Waals surface area (Å²) in [4.78, 5) is 37.8. The molecule has 0 spiro atoms. The summed E-state index contributed by atoms with van der Waals surface area (Å²) in [7, 11) is 2.74. The Balaban J connectivity index is 1.63. The van der Waals surface area contributed by atoms with Gasteiger partial charge in [-0.2, -0.15) is 0 Å². The molecule has 0 saturated heterocycles. The summed E-state index contributed by atoms with van der Waals surface area (Å²) in [6.07, 6.45) is 1.51. The molecule has 0 atom stereocenters. The lowest BCUT2D eigenvalue weighted by Crippen LogP contribution is -2.31. The Morgan fingerprint density at radius 2 is 1.87 bits per heavy atom. The van der Waals surface area contributed by atoms with Crippen molar-refractivity contribution in [2.45, 2.75) is 13.1 Å². The van der Waals surface area contributed by atoms with Gasteiger partial charge in [-0.05, 0) is 18.2 Å². The molecule has 162 valence electrons. The summed E-state index contributed by atoms with van der Waals surface area (Å²) >= 11 is 5.98. The molecule has 3 rings (SSSR count). The second kappa shape index (κ2) is 9.61. The third kappa shape index (κ3) is 5.03. The summed E-state index contributed by atoms with van der Waals surface area (Å²) in [5.74, 6) is -2.22. The van der Waals surface area contributed by atoms with E-state index in [4.69, 9.17) is 21.1 Å². The van der Waals surface area contributed by atoms with E-state index in [2.05, 4.69) is 0 Å². The van der Waals surface area contributed by atoms with E-state index < -0.39 is 30.3 Å². The fraction of sp³-hybridized carbons (Fsp3) is 0.227. The first kappa shape index (κ1) is 22.3. The van der Waals surface area contributed by atoms with Crippen LogP contribution in [0.15, 0.2) is 48.7 Å². The third-order valence-electron chi connectivity index (χ3n) is 4.73. The molecule has 0 radical (unpaired) electrons. The van der Waals surface area contributed by atoms with E-state index in [1.807, 2.05) is 0 Å². The predicted octanol–water partition coefficient (Wildman–Crippen LogP) is 3.42. The summed E-state index contributed by atoms with van der Waals surface area (Å²) in [5, 5.41) is 0.845. The van der Waals surface area contributed by atoms with Gasteiger partial charge >= 0.3 is 11.9 Å². The van der Waals surface area contributed by atoms with Crippen molar-refractivity contribution in [2.24, 2.45) is 0 Å². The van der Waals surface area contributed by atoms with Crippen LogP contribution in [0.1, 0.15) is 15.9 Å². The van der Waals surface area contributed by atoms with Crippen molar-refractivity contribution in [1.29, 1.82) is 0 Å². The average Bonchev–Trinajstić information content (AvgIpc) is 3.12. The summed E-state index contributed by atoms with van der Waals surface area (Å²) in [5.41, 5.74) is 1.15. The Labute approximate surface area is 182 Å². The minimum Gasteiger partial charge on any atom is -0.465 e. The number of amides is 1. The molecule has 0 aliphatic rings. The van der Waals surface area contributed by atoms with Crippen molar-refractivity contribution in [2.75, 3.05) is 20.8 Å². The van der Waals surface area contributed by atoms with Gasteiger partial charge < -0.3 is 18.9 Å². The van der Waals surface area contributed by atoms with Crippen LogP contribution in [0.25, 0.3) is 10.9 Å². The Hall–Kier alpha value is -3.39. The topological polar surface area (TPSA) is 77.8 Å². The largest absolute Gasteiger partial charge is 0.465 e. The minimum absolute atomic E-state index is 0.0629. The van der Waals surface area contributed by atoms with E-state index >= 15 is 0 Å². The number of halogens is 2. The van der Waals surface area contributed by atoms with Gasteiger partial charge in [-0.15, -0.1) is 0 Å². The molecular formula is C22H20ClFN2O5. The second-order valence-electron chi connectivity index (χ2n) is 6.79. The summed E-state index contributed by atoms with van der Waals surface area (Å²) < 4.78 is 25.3. The molecular weight excluding hydrogens is 427 g/mol. The number of benzene rings is 2. The van der Waals surface area contributed by atoms with Gasteiger partial charge in [-0.1, -0.05) is 35.9 Å². The lowest BCUT2D eigenvalue weighted by Gasteiger charge is -2.18. The predicted molar refractivity (Wildman–Crippen MR) is 112 cm³/mol. The Kier molecular flexibility index (Phi) is 6.91. The monoisotopic (exact) mass is 446 g/mol. The number of rotatable bonds is 7. The highest BCUT2D eigenvalue weighted by molar-refractivity contribution is 6.31. The maximum absolute atomic E-state index is 13.9. The van der Waals surface area contributed by atoms with Crippen molar-refractivity contribution in [3.05, 3.63) is 70.6 Å². The fourth-order valence-electron chi connectivity index (χ4n) is 3.10. The zero-order chi connectivity index (χ0) is 22.5. The number of ether oxygens (including phenoxy) is 2. The van der Waals surface area contributed by atoms with Crippen molar-refractivity contribution in [3.8, 4) is 0 Å². The zero-order valence-corrected chi connectivity index (χ0v) is 17.7. The maximum Gasteiger partial charge on any atom is 0.340 e. The highest BCUT2D eigenvalue weighted by Crippen LogP contribution is 2.22. The van der Waals surface area contributed by atoms with Crippen LogP contribution in [0.4, 0.5) is 4.39 Å². The van der Waals surface area contributed by atoms with Gasteiger partial charge in [-0.3, -0.25) is 9.59 Å². The van der Waals surface area contributed by atoms with Crippen molar-refractivity contribution in [1.82, 2.24) is 9.47 Å². The van der Waals surface area contributed by atoms with E-state index in [0.717, 1.165) is 0 Å². The fourth-order valence-corrected chi connectivity index (χ4v) is 3.32. The van der Waals surface area contributed by atoms with E-state index in [1.54, 1.807) is 28.8 Å². The van der Waals surface area contributed by atoms with Crippen LogP contribution in [-0.4, -0.2) is 48.1 Å². The molecule has 0 fully saturated rings. The van der Waals surface area contributed by atoms with Gasteiger partial charge in [0.25, 0.3) is 5.91 Å². The van der Waals surface area contributed by atoms with E-state index in [0.29, 0.717) is 16.5 Å². The van der Waals surface area contributed by atoms with Gasteiger partial charge in [0.05, 0.1) is 12.7 Å². The molecule has 0 aliphatic heterocycles. The lowest BCUT2D eigenvalue weighted by atomic mass is 10.2. The molecule has 1 heterocycles. The number of esters is 2. The molecule has 31 heavy (non-hydrogen) atoms. The van der Waals surface area contributed by atoms with Crippen LogP contribution in [-0.2, 0) is 32.2 Å². The third-order valence-corrected chi connectivity index (χ3v) is 5.09. The first-order valence-electron chi connectivity index (χ1n) is 9.30. The number of methoxy groups -OCH3 is 1. The van der Waals surface area contributed by atoms with Crippen LogP contribution in [0, 0.1) is 5.82 Å². The Bertz CT molecular complexity index is 1120. The average molecular weight is 447 g/mol. The number of carbonyl (C=O) groups is 3. The van der Waals surface area contributed by atoms with Crippen LogP contribution in [0.3, 0.4) is 0 Å². The number of likely N-dealkylation sites (N-methyl/N-ethyl adjacent to an activating group) is 1. The first-order chi connectivity index (χ1) is 14.8. The Morgan fingerprint density at radius 1 is 1.13 bits per heavy atom. The van der Waals surface area contributed by atoms with Crippen molar-refractivity contribution in [3.63, 3.8) is 0 Å². The van der Waals surface area contributed by atoms with Gasteiger partial charge in [-0.25, -0.2) is 9.18 Å². The van der Waals surface area contributed by atoms with Gasteiger partial charge in [0, 0.05) is 41.3 Å². The molecule has 0 saturated carbocycles. The van der Waals surface area contributed by atoms with Gasteiger partial charge in [0.2, 0.25) is 0 Å². The van der Waals surface area contributed by atoms with E-state index in [-0.39, 0.29) is 23.7 Å². The molecule has 1 amide bonds. The van der Waals surface area contributed by atoms with Gasteiger partial charge in [0.1, 0.15) is 12.4 Å². The molecule has 2 aromatic carbocycles. The van der Waals surface area contributed by atoms with Crippen LogP contribution in [0.5, 0.6) is 0 Å². The number of hydrogen-bond acceptors (Lipinski definition) is 5. The highest BCUT2D eigenvalue weighted by atomic mass is 35.5. The second-order valence-corrected chi connectivity index (χ2v) is 7.20. The molecule has 9 heteroatoms. The number of nitrogens with zero attached hydrogens (tertiary/aromatic N) is 2. The van der Waals surface area contributed by atoms with Crippen LogP contribution in [0.2, 0.25) is 5.02 Å². The lowest BCUT2D eigenvalue weighted by molar-refractivity contribution is -0.152.